The first-order valence-electron chi connectivity index (χ1n) is 6.87. The van der Waals surface area contributed by atoms with E-state index in [1.165, 1.54) is 0 Å². The number of aromatic nitrogens is 3. The normalized spacial score (nSPS) is 15.3. The van der Waals surface area contributed by atoms with Crippen LogP contribution in [0, 0.1) is 0 Å². The van der Waals surface area contributed by atoms with Crippen LogP contribution in [0.3, 0.4) is 0 Å². The first-order chi connectivity index (χ1) is 10.1. The number of nitrogen functional groups attached to an aromatic ring is 1. The van der Waals surface area contributed by atoms with Gasteiger partial charge in [0, 0.05) is 45.6 Å². The van der Waals surface area contributed by atoms with Gasteiger partial charge in [0.1, 0.15) is 5.69 Å². The van der Waals surface area contributed by atoms with E-state index in [0.717, 1.165) is 18.8 Å². The van der Waals surface area contributed by atoms with Gasteiger partial charge in [0.2, 0.25) is 0 Å². The van der Waals surface area contributed by atoms with Gasteiger partial charge in [-0.1, -0.05) is 0 Å². The van der Waals surface area contributed by atoms with Crippen molar-refractivity contribution in [3.63, 3.8) is 0 Å². The summed E-state index contributed by atoms with van der Waals surface area (Å²) < 4.78 is 1.78. The van der Waals surface area contributed by atoms with E-state index in [1.807, 2.05) is 18.0 Å². The molecule has 3 rings (SSSR count). The maximum absolute atomic E-state index is 12.3. The molecule has 0 radical (unpaired) electrons. The largest absolute Gasteiger partial charge is 0.396 e. The number of piperazine rings is 1. The van der Waals surface area contributed by atoms with Crippen LogP contribution < -0.4 is 10.6 Å². The third-order valence-electron chi connectivity index (χ3n) is 3.66. The zero-order valence-electron chi connectivity index (χ0n) is 11.9. The third kappa shape index (κ3) is 2.67. The topological polar surface area (TPSA) is 80.3 Å². The van der Waals surface area contributed by atoms with Crippen LogP contribution in [0.15, 0.2) is 31.0 Å². The third-order valence-corrected chi connectivity index (χ3v) is 3.66. The van der Waals surface area contributed by atoms with E-state index in [2.05, 4.69) is 14.9 Å². The van der Waals surface area contributed by atoms with E-state index in [4.69, 9.17) is 5.73 Å². The van der Waals surface area contributed by atoms with Crippen LogP contribution in [-0.2, 0) is 7.05 Å². The van der Waals surface area contributed by atoms with Crippen LogP contribution in [0.4, 0.5) is 11.4 Å². The number of rotatable bonds is 2. The molecule has 0 bridgehead atoms. The van der Waals surface area contributed by atoms with E-state index >= 15 is 0 Å². The van der Waals surface area contributed by atoms with Gasteiger partial charge in [-0.05, 0) is 6.07 Å². The molecular weight excluding hydrogens is 268 g/mol. The number of imidazole rings is 1. The highest BCUT2D eigenvalue weighted by atomic mass is 16.2. The lowest BCUT2D eigenvalue weighted by Crippen LogP contribution is -2.49. The Labute approximate surface area is 123 Å². The number of nitrogens with two attached hydrogens (primary N) is 1. The predicted octanol–water partition coefficient (Wildman–Crippen LogP) is 0.360. The van der Waals surface area contributed by atoms with Crippen LogP contribution >= 0.6 is 0 Å². The number of amides is 1. The summed E-state index contributed by atoms with van der Waals surface area (Å²) in [6.45, 7) is 2.84. The van der Waals surface area contributed by atoms with Crippen molar-refractivity contribution in [3.05, 3.63) is 36.7 Å². The molecule has 0 spiro atoms. The fraction of sp³-hybridized carbons (Fsp3) is 0.357. The smallest absolute Gasteiger partial charge is 0.274 e. The Kier molecular flexibility index (Phi) is 3.47. The van der Waals surface area contributed by atoms with E-state index < -0.39 is 0 Å². The number of anilines is 2. The van der Waals surface area contributed by atoms with E-state index in [9.17, 15) is 4.79 Å². The van der Waals surface area contributed by atoms with Crippen LogP contribution in [0.2, 0.25) is 0 Å². The quantitative estimate of drug-likeness (QED) is 0.862. The molecule has 0 unspecified atom stereocenters. The summed E-state index contributed by atoms with van der Waals surface area (Å²) in [4.78, 5) is 24.4. The molecule has 1 amide bonds. The summed E-state index contributed by atoms with van der Waals surface area (Å²) >= 11 is 0. The minimum absolute atomic E-state index is 0.0158. The molecule has 2 N–H and O–H groups in total. The van der Waals surface area contributed by atoms with Crippen molar-refractivity contribution in [1.82, 2.24) is 19.4 Å². The minimum atomic E-state index is -0.0158. The second-order valence-corrected chi connectivity index (χ2v) is 5.14. The molecule has 1 saturated heterocycles. The molecule has 1 fully saturated rings. The van der Waals surface area contributed by atoms with Gasteiger partial charge in [0.15, 0.2) is 0 Å². The Hall–Kier alpha value is -2.57. The second-order valence-electron chi connectivity index (χ2n) is 5.14. The molecule has 0 aromatic carbocycles. The van der Waals surface area contributed by atoms with Gasteiger partial charge >= 0.3 is 0 Å². The summed E-state index contributed by atoms with van der Waals surface area (Å²) in [5, 5.41) is 0. The SMILES string of the molecule is Cn1cnc(C(=O)N2CCN(c3ccncc3N)CC2)c1. The lowest BCUT2D eigenvalue weighted by Gasteiger charge is -2.36. The number of nitrogens with zero attached hydrogens (tertiary/aromatic N) is 5. The predicted molar refractivity (Wildman–Crippen MR) is 80.0 cm³/mol. The molecule has 7 heteroatoms. The molecule has 110 valence electrons. The molecule has 7 nitrogen and oxygen atoms in total. The zero-order valence-corrected chi connectivity index (χ0v) is 11.9. The number of carbonyl (C=O) groups excluding carboxylic acids is 1. The zero-order chi connectivity index (χ0) is 14.8. The molecule has 21 heavy (non-hydrogen) atoms. The number of aryl methyl sites for hydroxylation is 1. The Balaban J connectivity index is 1.65. The Morgan fingerprint density at radius 2 is 2.05 bits per heavy atom. The van der Waals surface area contributed by atoms with Crippen molar-refractivity contribution in [3.8, 4) is 0 Å². The Morgan fingerprint density at radius 1 is 1.29 bits per heavy atom. The molecule has 2 aromatic heterocycles. The Morgan fingerprint density at radius 3 is 2.67 bits per heavy atom. The van der Waals surface area contributed by atoms with Crippen molar-refractivity contribution >= 4 is 17.3 Å². The molecule has 2 aromatic rings. The molecule has 1 aliphatic rings. The standard InChI is InChI=1S/C14H18N6O/c1-18-9-12(17-10-18)14(21)20-6-4-19(5-7-20)13-2-3-16-8-11(13)15/h2-3,8-10H,4-7,15H2,1H3. The van der Waals surface area contributed by atoms with Gasteiger partial charge in [-0.15, -0.1) is 0 Å². The fourth-order valence-electron chi connectivity index (χ4n) is 2.52. The first-order valence-corrected chi connectivity index (χ1v) is 6.87. The van der Waals surface area contributed by atoms with Crippen LogP contribution in [0.5, 0.6) is 0 Å². The molecule has 1 aliphatic heterocycles. The average molecular weight is 286 g/mol. The number of carbonyl (C=O) groups is 1. The van der Waals surface area contributed by atoms with Crippen molar-refractivity contribution in [2.24, 2.45) is 7.05 Å². The summed E-state index contributed by atoms with van der Waals surface area (Å²) in [5.41, 5.74) is 8.09. The van der Waals surface area contributed by atoms with Gasteiger partial charge < -0.3 is 20.1 Å². The fourth-order valence-corrected chi connectivity index (χ4v) is 2.52. The van der Waals surface area contributed by atoms with Gasteiger partial charge in [0.25, 0.3) is 5.91 Å². The molecule has 0 atom stereocenters. The molecule has 0 aliphatic carbocycles. The van der Waals surface area contributed by atoms with Crippen LogP contribution in [0.25, 0.3) is 0 Å². The molecule has 3 heterocycles. The van der Waals surface area contributed by atoms with E-state index in [-0.39, 0.29) is 5.91 Å². The summed E-state index contributed by atoms with van der Waals surface area (Å²) in [5.74, 6) is -0.0158. The van der Waals surface area contributed by atoms with E-state index in [0.29, 0.717) is 24.5 Å². The van der Waals surface area contributed by atoms with Crippen LogP contribution in [0.1, 0.15) is 10.5 Å². The Bertz CT molecular complexity index is 644. The summed E-state index contributed by atoms with van der Waals surface area (Å²) in [6.07, 6.45) is 6.77. The minimum Gasteiger partial charge on any atom is -0.396 e. The second kappa shape index (κ2) is 5.43. The average Bonchev–Trinajstić information content (AvgIpc) is 2.94. The molecular formula is C14H18N6O. The van der Waals surface area contributed by atoms with Gasteiger partial charge in [0.05, 0.1) is 23.9 Å². The maximum Gasteiger partial charge on any atom is 0.274 e. The van der Waals surface area contributed by atoms with E-state index in [1.54, 1.807) is 29.5 Å². The van der Waals surface area contributed by atoms with Crippen LogP contribution in [-0.4, -0.2) is 51.5 Å². The van der Waals surface area contributed by atoms with Gasteiger partial charge in [-0.3, -0.25) is 9.78 Å². The van der Waals surface area contributed by atoms with Crippen molar-refractivity contribution in [2.45, 2.75) is 0 Å². The lowest BCUT2D eigenvalue weighted by atomic mass is 10.2. The monoisotopic (exact) mass is 286 g/mol. The highest BCUT2D eigenvalue weighted by molar-refractivity contribution is 5.92. The van der Waals surface area contributed by atoms with Gasteiger partial charge in [-0.25, -0.2) is 4.98 Å². The summed E-state index contributed by atoms with van der Waals surface area (Å²) in [7, 11) is 1.86. The lowest BCUT2D eigenvalue weighted by molar-refractivity contribution is 0.0741. The number of hydrogen-bond acceptors (Lipinski definition) is 5. The highest BCUT2D eigenvalue weighted by Crippen LogP contribution is 2.22. The van der Waals surface area contributed by atoms with Crippen molar-refractivity contribution in [1.29, 1.82) is 0 Å². The summed E-state index contributed by atoms with van der Waals surface area (Å²) in [6, 6.07) is 1.91. The number of hydrogen-bond donors (Lipinski definition) is 1. The molecule has 0 saturated carbocycles. The first kappa shape index (κ1) is 13.4. The number of pyridine rings is 1. The van der Waals surface area contributed by atoms with Crippen molar-refractivity contribution < 1.29 is 4.79 Å². The van der Waals surface area contributed by atoms with Gasteiger partial charge in [-0.2, -0.15) is 0 Å². The highest BCUT2D eigenvalue weighted by Gasteiger charge is 2.24. The van der Waals surface area contributed by atoms with Crippen molar-refractivity contribution in [2.75, 3.05) is 36.8 Å². The maximum atomic E-state index is 12.3.